The van der Waals surface area contributed by atoms with E-state index in [9.17, 15) is 4.79 Å². The Morgan fingerprint density at radius 2 is 2.36 bits per heavy atom. The Morgan fingerprint density at radius 3 is 3.09 bits per heavy atom. The third-order valence-electron chi connectivity index (χ3n) is 4.46. The van der Waals surface area contributed by atoms with Crippen LogP contribution in [0.15, 0.2) is 22.9 Å². The second-order valence-electron chi connectivity index (χ2n) is 6.16. The maximum atomic E-state index is 12.5. The van der Waals surface area contributed by atoms with E-state index in [2.05, 4.69) is 9.55 Å². The number of imidazole rings is 1. The summed E-state index contributed by atoms with van der Waals surface area (Å²) in [5.74, 6) is 2.95. The lowest BCUT2D eigenvalue weighted by molar-refractivity contribution is 0.0727. The van der Waals surface area contributed by atoms with E-state index in [4.69, 9.17) is 4.42 Å². The highest BCUT2D eigenvalue weighted by Crippen LogP contribution is 2.21. The smallest absolute Gasteiger partial charge is 0.289 e. The van der Waals surface area contributed by atoms with Gasteiger partial charge in [0.05, 0.1) is 0 Å². The van der Waals surface area contributed by atoms with Crippen molar-refractivity contribution in [3.63, 3.8) is 0 Å². The highest BCUT2D eigenvalue weighted by Gasteiger charge is 2.24. The summed E-state index contributed by atoms with van der Waals surface area (Å²) in [7, 11) is 1.86. The van der Waals surface area contributed by atoms with E-state index in [1.165, 1.54) is 0 Å². The number of carbonyl (C=O) groups excluding carboxylic acids is 1. The largest absolute Gasteiger partial charge is 0.456 e. The van der Waals surface area contributed by atoms with Crippen LogP contribution >= 0.6 is 0 Å². The van der Waals surface area contributed by atoms with Crippen LogP contribution in [-0.4, -0.2) is 34.0 Å². The van der Waals surface area contributed by atoms with Gasteiger partial charge in [0.2, 0.25) is 0 Å². The van der Waals surface area contributed by atoms with E-state index in [0.717, 1.165) is 49.5 Å². The van der Waals surface area contributed by atoms with E-state index in [-0.39, 0.29) is 5.91 Å². The Balaban J connectivity index is 1.64. The van der Waals surface area contributed by atoms with Crippen molar-refractivity contribution in [1.82, 2.24) is 14.5 Å². The Hall–Kier alpha value is -2.04. The van der Waals surface area contributed by atoms with Crippen LogP contribution in [0, 0.1) is 12.8 Å². The summed E-state index contributed by atoms with van der Waals surface area (Å²) >= 11 is 0. The lowest BCUT2D eigenvalue weighted by atomic mass is 9.99. The molecule has 0 saturated carbocycles. The summed E-state index contributed by atoms with van der Waals surface area (Å²) in [4.78, 5) is 18.6. The van der Waals surface area contributed by atoms with Gasteiger partial charge in [-0.3, -0.25) is 4.79 Å². The lowest BCUT2D eigenvalue weighted by Gasteiger charge is -2.27. The lowest BCUT2D eigenvalue weighted by Crippen LogP contribution is -2.35. The summed E-state index contributed by atoms with van der Waals surface area (Å²) in [6.07, 6.45) is 6.75. The molecule has 0 fully saturated rings. The van der Waals surface area contributed by atoms with Crippen molar-refractivity contribution in [1.29, 1.82) is 0 Å². The number of carbonyl (C=O) groups is 1. The first-order valence-corrected chi connectivity index (χ1v) is 7.93. The fourth-order valence-electron chi connectivity index (χ4n) is 3.22. The van der Waals surface area contributed by atoms with Crippen molar-refractivity contribution >= 4 is 5.91 Å². The number of aromatic nitrogens is 2. The fraction of sp³-hybridized carbons (Fsp3) is 0.529. The van der Waals surface area contributed by atoms with Gasteiger partial charge in [0, 0.05) is 45.4 Å². The molecule has 0 spiro atoms. The average Bonchev–Trinajstić information content (AvgIpc) is 3.11. The molecule has 0 saturated heterocycles. The number of aryl methyl sites for hydroxylation is 3. The second-order valence-corrected chi connectivity index (χ2v) is 6.16. The molecule has 22 heavy (non-hydrogen) atoms. The summed E-state index contributed by atoms with van der Waals surface area (Å²) < 4.78 is 7.87. The van der Waals surface area contributed by atoms with Crippen LogP contribution in [0.1, 0.15) is 41.0 Å². The highest BCUT2D eigenvalue weighted by atomic mass is 16.4. The summed E-state index contributed by atoms with van der Waals surface area (Å²) in [6.45, 7) is 5.71. The predicted octanol–water partition coefficient (Wildman–Crippen LogP) is 2.68. The van der Waals surface area contributed by atoms with Crippen molar-refractivity contribution in [2.45, 2.75) is 39.7 Å². The van der Waals surface area contributed by atoms with Crippen LogP contribution in [0.4, 0.5) is 0 Å². The second kappa shape index (κ2) is 5.99. The quantitative estimate of drug-likeness (QED) is 0.872. The number of amides is 1. The number of hydrogen-bond donors (Lipinski definition) is 0. The minimum Gasteiger partial charge on any atom is -0.456 e. The van der Waals surface area contributed by atoms with Crippen molar-refractivity contribution in [2.24, 2.45) is 5.92 Å². The van der Waals surface area contributed by atoms with Crippen molar-refractivity contribution in [3.05, 3.63) is 41.4 Å². The molecule has 1 unspecified atom stereocenters. The maximum Gasteiger partial charge on any atom is 0.289 e. The minimum absolute atomic E-state index is 0.0285. The number of furan rings is 1. The fourth-order valence-corrected chi connectivity index (χ4v) is 3.22. The molecule has 1 amide bonds. The Bertz CT molecular complexity index is 671. The molecule has 2 aromatic heterocycles. The van der Waals surface area contributed by atoms with Gasteiger partial charge in [-0.05, 0) is 30.9 Å². The number of fused-ring (bicyclic) bond motifs is 1. The van der Waals surface area contributed by atoms with Gasteiger partial charge in [0.15, 0.2) is 5.76 Å². The third-order valence-corrected chi connectivity index (χ3v) is 4.46. The first-order chi connectivity index (χ1) is 10.6. The molecule has 0 aliphatic carbocycles. The third kappa shape index (κ3) is 2.80. The van der Waals surface area contributed by atoms with Gasteiger partial charge in [-0.25, -0.2) is 4.98 Å². The summed E-state index contributed by atoms with van der Waals surface area (Å²) in [5, 5.41) is 0. The van der Waals surface area contributed by atoms with Crippen molar-refractivity contribution in [2.75, 3.05) is 13.6 Å². The molecule has 118 valence electrons. The van der Waals surface area contributed by atoms with Crippen LogP contribution in [0.3, 0.4) is 0 Å². The van der Waals surface area contributed by atoms with Gasteiger partial charge in [-0.2, -0.15) is 0 Å². The van der Waals surface area contributed by atoms with Gasteiger partial charge in [-0.1, -0.05) is 6.92 Å². The Kier molecular flexibility index (Phi) is 4.05. The molecule has 0 bridgehead atoms. The van der Waals surface area contributed by atoms with Crippen LogP contribution in [-0.2, 0) is 19.4 Å². The van der Waals surface area contributed by atoms with E-state index in [1.807, 2.05) is 39.4 Å². The van der Waals surface area contributed by atoms with Crippen LogP contribution < -0.4 is 0 Å². The molecule has 1 atom stereocenters. The van der Waals surface area contributed by atoms with Crippen LogP contribution in [0.2, 0.25) is 0 Å². The normalized spacial score (nSPS) is 17.3. The van der Waals surface area contributed by atoms with E-state index < -0.39 is 0 Å². The highest BCUT2D eigenvalue weighted by molar-refractivity contribution is 5.91. The predicted molar refractivity (Wildman–Crippen MR) is 83.8 cm³/mol. The first-order valence-electron chi connectivity index (χ1n) is 7.93. The number of rotatable bonds is 4. The van der Waals surface area contributed by atoms with E-state index in [0.29, 0.717) is 11.7 Å². The van der Waals surface area contributed by atoms with E-state index >= 15 is 0 Å². The zero-order chi connectivity index (χ0) is 15.7. The van der Waals surface area contributed by atoms with Gasteiger partial charge in [0.1, 0.15) is 11.6 Å². The molecular formula is C17H23N3O2. The number of hydrogen-bond acceptors (Lipinski definition) is 3. The average molecular weight is 301 g/mol. The van der Waals surface area contributed by atoms with Gasteiger partial charge < -0.3 is 13.9 Å². The van der Waals surface area contributed by atoms with Crippen molar-refractivity contribution < 1.29 is 9.21 Å². The molecule has 1 aliphatic heterocycles. The summed E-state index contributed by atoms with van der Waals surface area (Å²) in [5.41, 5.74) is 1.06. The monoisotopic (exact) mass is 301 g/mol. The minimum atomic E-state index is -0.0285. The molecule has 0 aromatic carbocycles. The maximum absolute atomic E-state index is 12.5. The molecule has 5 heteroatoms. The molecule has 3 rings (SSSR count). The molecule has 0 N–H and O–H groups in total. The zero-order valence-corrected chi connectivity index (χ0v) is 13.5. The standard InChI is InChI=1S/C17H23N3O2/c1-4-14-12(2)9-15(22-14)17(21)19(3)10-13-5-6-16-18-7-8-20(16)11-13/h7-9,13H,4-6,10-11H2,1-3H3. The number of nitrogens with zero attached hydrogens (tertiary/aromatic N) is 3. The Morgan fingerprint density at radius 1 is 1.55 bits per heavy atom. The molecule has 2 aromatic rings. The van der Waals surface area contributed by atoms with Gasteiger partial charge in [0.25, 0.3) is 5.91 Å². The summed E-state index contributed by atoms with van der Waals surface area (Å²) in [6, 6.07) is 1.85. The molecule has 1 aliphatic rings. The SMILES string of the molecule is CCc1oc(C(=O)N(C)CC2CCc3nccn3C2)cc1C. The molecule has 5 nitrogen and oxygen atoms in total. The molecule has 0 radical (unpaired) electrons. The van der Waals surface area contributed by atoms with Crippen molar-refractivity contribution in [3.8, 4) is 0 Å². The van der Waals surface area contributed by atoms with E-state index in [1.54, 1.807) is 4.90 Å². The van der Waals surface area contributed by atoms with Gasteiger partial charge >= 0.3 is 0 Å². The molecular weight excluding hydrogens is 278 g/mol. The van der Waals surface area contributed by atoms with Crippen LogP contribution in [0.25, 0.3) is 0 Å². The Labute approximate surface area is 130 Å². The molecule has 3 heterocycles. The zero-order valence-electron chi connectivity index (χ0n) is 13.5. The van der Waals surface area contributed by atoms with Crippen LogP contribution in [0.5, 0.6) is 0 Å². The topological polar surface area (TPSA) is 51.3 Å². The first kappa shape index (κ1) is 14.9. The van der Waals surface area contributed by atoms with Gasteiger partial charge in [-0.15, -0.1) is 0 Å².